The summed E-state index contributed by atoms with van der Waals surface area (Å²) in [5.74, 6) is -0.355. The molecule has 0 saturated carbocycles. The molecule has 8 heteroatoms. The number of hydrogen-bond acceptors (Lipinski definition) is 7. The maximum Gasteiger partial charge on any atom is 0.603 e. The second kappa shape index (κ2) is 5.86. The van der Waals surface area contributed by atoms with Gasteiger partial charge >= 0.3 is 14.9 Å². The molecule has 0 aromatic rings. The Bertz CT molecular complexity index is 337. The number of esters is 1. The van der Waals surface area contributed by atoms with Gasteiger partial charge in [0, 0.05) is 25.8 Å². The third-order valence-corrected chi connectivity index (χ3v) is 6.43. The second-order valence-corrected chi connectivity index (χ2v) is 7.04. The monoisotopic (exact) mass is 290 g/mol. The topological polar surface area (TPSA) is 83.2 Å². The summed E-state index contributed by atoms with van der Waals surface area (Å²) >= 11 is 0. The number of rotatable bonds is 4. The number of nitrogens with zero attached hydrogens (tertiary/aromatic N) is 1. The molecular weight excluding hydrogens is 268 g/mol. The van der Waals surface area contributed by atoms with Crippen molar-refractivity contribution in [3.63, 3.8) is 0 Å². The minimum Gasteiger partial charge on any atom is -0.436 e. The molecule has 2 aliphatic rings. The van der Waals surface area contributed by atoms with Gasteiger partial charge in [0.15, 0.2) is 6.29 Å². The third-order valence-electron chi connectivity index (χ3n) is 3.29. The van der Waals surface area contributed by atoms with Crippen molar-refractivity contribution in [2.75, 3.05) is 19.8 Å². The number of carbonyl (C=O) groups excluding carboxylic acids is 1. The van der Waals surface area contributed by atoms with E-state index in [0.717, 1.165) is 0 Å². The van der Waals surface area contributed by atoms with Crippen LogP contribution in [0.15, 0.2) is 0 Å². The zero-order chi connectivity index (χ0) is 14.0. The van der Waals surface area contributed by atoms with Crippen molar-refractivity contribution in [3.05, 3.63) is 0 Å². The number of ether oxygens (including phenoxy) is 1. The van der Waals surface area contributed by atoms with E-state index in [1.807, 2.05) is 18.4 Å². The highest BCUT2D eigenvalue weighted by Gasteiger charge is 2.60. The Hall–Kier alpha value is -0.513. The number of fused-ring (bicyclic) bond motifs is 1. The fraction of sp³-hybridized carbons (Fsp3) is 0.909. The first-order chi connectivity index (χ1) is 9.04. The molecular formula is C11H22N2O5Si. The van der Waals surface area contributed by atoms with Gasteiger partial charge in [-0.3, -0.25) is 4.79 Å². The van der Waals surface area contributed by atoms with Crippen molar-refractivity contribution in [3.8, 4) is 0 Å². The molecule has 0 radical (unpaired) electrons. The molecule has 7 nitrogen and oxygen atoms in total. The van der Waals surface area contributed by atoms with E-state index in [-0.39, 0.29) is 12.0 Å². The lowest BCUT2D eigenvalue weighted by Gasteiger charge is -2.35. The molecule has 19 heavy (non-hydrogen) atoms. The maximum absolute atomic E-state index is 12.1. The van der Waals surface area contributed by atoms with Crippen LogP contribution in [0.25, 0.3) is 0 Å². The first-order valence-corrected chi connectivity index (χ1v) is 8.39. The van der Waals surface area contributed by atoms with Crippen LogP contribution in [-0.4, -0.2) is 57.6 Å². The molecule has 2 fully saturated rings. The molecule has 2 rings (SSSR count). The third kappa shape index (κ3) is 2.69. The van der Waals surface area contributed by atoms with E-state index in [9.17, 15) is 4.79 Å². The van der Waals surface area contributed by atoms with Gasteiger partial charge in [-0.25, -0.2) is 4.57 Å². The molecule has 3 unspecified atom stereocenters. The number of cyclic esters (lactones) is 1. The van der Waals surface area contributed by atoms with Crippen LogP contribution in [0.4, 0.5) is 0 Å². The Morgan fingerprint density at radius 2 is 2.05 bits per heavy atom. The van der Waals surface area contributed by atoms with Crippen molar-refractivity contribution in [2.45, 2.75) is 45.6 Å². The Kier molecular flexibility index (Phi) is 4.59. The van der Waals surface area contributed by atoms with E-state index in [2.05, 4.69) is 0 Å². The number of hydrogen-bond donors (Lipinski definition) is 1. The van der Waals surface area contributed by atoms with Crippen LogP contribution in [-0.2, 0) is 22.8 Å². The Balaban J connectivity index is 2.35. The van der Waals surface area contributed by atoms with Crippen molar-refractivity contribution in [2.24, 2.45) is 5.73 Å². The van der Waals surface area contributed by atoms with E-state index in [0.29, 0.717) is 26.2 Å². The van der Waals surface area contributed by atoms with Gasteiger partial charge in [0.2, 0.25) is 0 Å². The average molecular weight is 290 g/mol. The summed E-state index contributed by atoms with van der Waals surface area (Å²) in [6.07, 6.45) is 0.0157. The zero-order valence-electron chi connectivity index (χ0n) is 11.6. The summed E-state index contributed by atoms with van der Waals surface area (Å²) < 4.78 is 24.5. The van der Waals surface area contributed by atoms with Crippen LogP contribution in [0.2, 0.25) is 0 Å². The van der Waals surface area contributed by atoms with Crippen LogP contribution in [0.3, 0.4) is 0 Å². The van der Waals surface area contributed by atoms with Gasteiger partial charge in [0.05, 0.1) is 0 Å². The largest absolute Gasteiger partial charge is 0.603 e. The second-order valence-electron chi connectivity index (χ2n) is 4.60. The van der Waals surface area contributed by atoms with Crippen molar-refractivity contribution in [1.29, 1.82) is 0 Å². The predicted octanol–water partition coefficient (Wildman–Crippen LogP) is -0.184. The Labute approximate surface area is 114 Å². The van der Waals surface area contributed by atoms with Gasteiger partial charge in [-0.05, 0) is 27.2 Å². The first-order valence-electron chi connectivity index (χ1n) is 6.72. The molecule has 0 aromatic carbocycles. The first kappa shape index (κ1) is 14.9. The highest BCUT2D eigenvalue weighted by Crippen LogP contribution is 2.31. The van der Waals surface area contributed by atoms with Crippen molar-refractivity contribution in [1.82, 2.24) is 4.57 Å². The predicted molar refractivity (Wildman–Crippen MR) is 68.7 cm³/mol. The minimum atomic E-state index is -3.10. The van der Waals surface area contributed by atoms with Crippen LogP contribution in [0.1, 0.15) is 27.2 Å². The molecule has 0 aliphatic carbocycles. The molecule has 110 valence electrons. The molecule has 2 heterocycles. The molecule has 2 saturated heterocycles. The van der Waals surface area contributed by atoms with E-state index >= 15 is 0 Å². The van der Waals surface area contributed by atoms with E-state index in [1.165, 1.54) is 0 Å². The Morgan fingerprint density at radius 3 is 2.63 bits per heavy atom. The summed E-state index contributed by atoms with van der Waals surface area (Å²) in [4.78, 5) is 12.1. The summed E-state index contributed by atoms with van der Waals surface area (Å²) in [5.41, 5.74) is 6.02. The van der Waals surface area contributed by atoms with Gasteiger partial charge in [-0.15, -0.1) is 0 Å². The van der Waals surface area contributed by atoms with Crippen LogP contribution in [0, 0.1) is 0 Å². The van der Waals surface area contributed by atoms with Crippen LogP contribution in [0.5, 0.6) is 0 Å². The molecule has 0 spiro atoms. The van der Waals surface area contributed by atoms with Crippen LogP contribution >= 0.6 is 0 Å². The molecule has 0 aromatic heterocycles. The normalized spacial score (nSPS) is 34.7. The lowest BCUT2D eigenvalue weighted by atomic mass is 10.1. The lowest BCUT2D eigenvalue weighted by molar-refractivity contribution is -0.164. The minimum absolute atomic E-state index is 0.269. The number of nitrogens with two attached hydrogens (primary N) is 1. The van der Waals surface area contributed by atoms with E-state index < -0.39 is 21.3 Å². The highest BCUT2D eigenvalue weighted by molar-refractivity contribution is 6.58. The maximum atomic E-state index is 12.1. The fourth-order valence-corrected chi connectivity index (χ4v) is 5.52. The van der Waals surface area contributed by atoms with Crippen molar-refractivity contribution < 1.29 is 22.8 Å². The van der Waals surface area contributed by atoms with Gasteiger partial charge < -0.3 is 23.7 Å². The standard InChI is InChI=1S/C11H22N2O5Si/c1-4-15-19(16-5-2)13-7-6-9(12)10(13)11(14)17-8(3)18-19/h8-10H,4-7,12H2,1-3H3. The molecule has 3 atom stereocenters. The molecule has 2 aliphatic heterocycles. The zero-order valence-corrected chi connectivity index (χ0v) is 12.6. The fourth-order valence-electron chi connectivity index (χ4n) is 2.60. The lowest BCUT2D eigenvalue weighted by Crippen LogP contribution is -2.64. The summed E-state index contributed by atoms with van der Waals surface area (Å²) in [7, 11) is -3.10. The van der Waals surface area contributed by atoms with E-state index in [1.54, 1.807) is 6.92 Å². The van der Waals surface area contributed by atoms with Gasteiger partial charge in [-0.1, -0.05) is 0 Å². The average Bonchev–Trinajstić information content (AvgIpc) is 2.67. The highest BCUT2D eigenvalue weighted by atomic mass is 28.4. The number of carbonyl (C=O) groups is 1. The van der Waals surface area contributed by atoms with Crippen LogP contribution < -0.4 is 5.73 Å². The SMILES string of the molecule is CCO[Si]1(OCC)OC(C)OC(=O)C2C(N)CCN21. The molecule has 0 amide bonds. The molecule has 2 N–H and O–H groups in total. The van der Waals surface area contributed by atoms with Crippen molar-refractivity contribution >= 4 is 14.9 Å². The van der Waals surface area contributed by atoms with Gasteiger partial charge in [0.1, 0.15) is 6.04 Å². The quantitative estimate of drug-likeness (QED) is 0.568. The molecule has 0 bridgehead atoms. The van der Waals surface area contributed by atoms with Gasteiger partial charge in [0.25, 0.3) is 0 Å². The Morgan fingerprint density at radius 1 is 1.42 bits per heavy atom. The summed E-state index contributed by atoms with van der Waals surface area (Å²) in [6.45, 7) is 6.95. The van der Waals surface area contributed by atoms with E-state index in [4.69, 9.17) is 23.7 Å². The summed E-state index contributed by atoms with van der Waals surface area (Å²) in [6, 6.07) is -0.802. The smallest absolute Gasteiger partial charge is 0.436 e. The van der Waals surface area contributed by atoms with Gasteiger partial charge in [-0.2, -0.15) is 0 Å². The summed E-state index contributed by atoms with van der Waals surface area (Å²) in [5, 5.41) is 0.